The molecule has 1 aromatic rings. The summed E-state index contributed by atoms with van der Waals surface area (Å²) in [6.07, 6.45) is 1.13. The van der Waals surface area contributed by atoms with Gasteiger partial charge in [0.05, 0.1) is 7.11 Å². The SMILES string of the molecule is COc1ccccc1CNC1=C(C#N)C(=O)CC(C)(C)C1. The van der Waals surface area contributed by atoms with Gasteiger partial charge in [-0.3, -0.25) is 4.79 Å². The van der Waals surface area contributed by atoms with E-state index in [1.165, 1.54) is 0 Å². The lowest BCUT2D eigenvalue weighted by molar-refractivity contribution is -0.117. The van der Waals surface area contributed by atoms with Crippen LogP contribution in [0, 0.1) is 16.7 Å². The first kappa shape index (κ1) is 15.1. The first-order valence-corrected chi connectivity index (χ1v) is 6.99. The number of allylic oxidation sites excluding steroid dienone is 2. The van der Waals surface area contributed by atoms with E-state index in [1.54, 1.807) is 7.11 Å². The molecule has 110 valence electrons. The Morgan fingerprint density at radius 1 is 1.33 bits per heavy atom. The minimum atomic E-state index is -0.111. The lowest BCUT2D eigenvalue weighted by Crippen LogP contribution is -2.31. The normalized spacial score (nSPS) is 17.3. The van der Waals surface area contributed by atoms with Crippen LogP contribution in [0.25, 0.3) is 0 Å². The number of para-hydroxylation sites is 1. The van der Waals surface area contributed by atoms with Gasteiger partial charge in [0.15, 0.2) is 5.78 Å². The number of Topliss-reactive ketones (excluding diaryl/α,β-unsaturated/α-hetero) is 1. The molecule has 0 bridgehead atoms. The Balaban J connectivity index is 2.21. The zero-order valence-corrected chi connectivity index (χ0v) is 12.7. The van der Waals surface area contributed by atoms with Crippen molar-refractivity contribution in [2.24, 2.45) is 5.41 Å². The number of nitriles is 1. The van der Waals surface area contributed by atoms with E-state index in [9.17, 15) is 10.1 Å². The fraction of sp³-hybridized carbons (Fsp3) is 0.412. The molecule has 1 aliphatic carbocycles. The summed E-state index contributed by atoms with van der Waals surface area (Å²) in [5.74, 6) is 0.724. The van der Waals surface area contributed by atoms with Gasteiger partial charge in [0.1, 0.15) is 17.4 Å². The number of hydrogen-bond acceptors (Lipinski definition) is 4. The van der Waals surface area contributed by atoms with Crippen LogP contribution in [0.2, 0.25) is 0 Å². The maximum absolute atomic E-state index is 12.0. The highest BCUT2D eigenvalue weighted by Gasteiger charge is 2.32. The molecule has 0 saturated heterocycles. The Bertz CT molecular complexity index is 624. The van der Waals surface area contributed by atoms with Crippen LogP contribution in [0.4, 0.5) is 0 Å². The molecule has 0 unspecified atom stereocenters. The average molecular weight is 284 g/mol. The van der Waals surface area contributed by atoms with E-state index < -0.39 is 0 Å². The molecular weight excluding hydrogens is 264 g/mol. The van der Waals surface area contributed by atoms with Crippen molar-refractivity contribution in [1.29, 1.82) is 5.26 Å². The molecule has 0 heterocycles. The molecule has 1 aliphatic rings. The zero-order chi connectivity index (χ0) is 15.5. The third-order valence-corrected chi connectivity index (χ3v) is 3.67. The molecule has 0 aliphatic heterocycles. The highest BCUT2D eigenvalue weighted by Crippen LogP contribution is 2.35. The third kappa shape index (κ3) is 3.43. The Kier molecular flexibility index (Phi) is 4.32. The highest BCUT2D eigenvalue weighted by molar-refractivity contribution is 6.01. The minimum Gasteiger partial charge on any atom is -0.496 e. The van der Waals surface area contributed by atoms with E-state index in [1.807, 2.05) is 44.2 Å². The van der Waals surface area contributed by atoms with Gasteiger partial charge in [-0.15, -0.1) is 0 Å². The maximum atomic E-state index is 12.0. The number of rotatable bonds is 4. The molecule has 1 N–H and O–H groups in total. The van der Waals surface area contributed by atoms with Gasteiger partial charge < -0.3 is 10.1 Å². The fourth-order valence-electron chi connectivity index (χ4n) is 2.65. The smallest absolute Gasteiger partial charge is 0.175 e. The number of nitrogens with zero attached hydrogens (tertiary/aromatic N) is 1. The van der Waals surface area contributed by atoms with Crippen LogP contribution < -0.4 is 10.1 Å². The second-order valence-electron chi connectivity index (χ2n) is 6.07. The molecule has 21 heavy (non-hydrogen) atoms. The summed E-state index contributed by atoms with van der Waals surface area (Å²) in [6, 6.07) is 9.76. The number of benzene rings is 1. The van der Waals surface area contributed by atoms with Crippen LogP contribution in [0.15, 0.2) is 35.5 Å². The van der Waals surface area contributed by atoms with Gasteiger partial charge in [0.2, 0.25) is 0 Å². The number of ether oxygens (including phenoxy) is 1. The van der Waals surface area contributed by atoms with E-state index in [0.29, 0.717) is 19.4 Å². The van der Waals surface area contributed by atoms with Crippen molar-refractivity contribution >= 4 is 5.78 Å². The number of ketones is 1. The minimum absolute atomic E-state index is 0.0729. The van der Waals surface area contributed by atoms with E-state index in [0.717, 1.165) is 17.0 Å². The first-order valence-electron chi connectivity index (χ1n) is 6.99. The van der Waals surface area contributed by atoms with Gasteiger partial charge in [-0.2, -0.15) is 5.26 Å². The summed E-state index contributed by atoms with van der Waals surface area (Å²) in [5.41, 5.74) is 1.90. The summed E-state index contributed by atoms with van der Waals surface area (Å²) in [7, 11) is 1.63. The number of methoxy groups -OCH3 is 1. The fourth-order valence-corrected chi connectivity index (χ4v) is 2.65. The van der Waals surface area contributed by atoms with Crippen LogP contribution >= 0.6 is 0 Å². The number of carbonyl (C=O) groups excluding carboxylic acids is 1. The van der Waals surface area contributed by atoms with Crippen molar-refractivity contribution in [1.82, 2.24) is 5.32 Å². The zero-order valence-electron chi connectivity index (χ0n) is 12.7. The standard InChI is InChI=1S/C17H20N2O2/c1-17(2)8-14(13(10-18)15(20)9-17)19-11-12-6-4-5-7-16(12)21-3/h4-7,19H,8-9,11H2,1-3H3. The van der Waals surface area contributed by atoms with Crippen LogP contribution in [-0.2, 0) is 11.3 Å². The molecule has 1 aromatic carbocycles. The van der Waals surface area contributed by atoms with Crippen molar-refractivity contribution < 1.29 is 9.53 Å². The molecule has 0 radical (unpaired) electrons. The quantitative estimate of drug-likeness (QED) is 0.923. The van der Waals surface area contributed by atoms with Crippen molar-refractivity contribution in [3.05, 3.63) is 41.1 Å². The summed E-state index contributed by atoms with van der Waals surface area (Å²) >= 11 is 0. The molecule has 0 fully saturated rings. The molecule has 0 atom stereocenters. The first-order chi connectivity index (χ1) is 9.96. The summed E-state index contributed by atoms with van der Waals surface area (Å²) in [4.78, 5) is 12.0. The Labute approximate surface area is 125 Å². The van der Waals surface area contributed by atoms with Gasteiger partial charge in [-0.1, -0.05) is 32.0 Å². The second kappa shape index (κ2) is 6.01. The predicted octanol–water partition coefficient (Wildman–Crippen LogP) is 2.95. The Hall–Kier alpha value is -2.28. The largest absolute Gasteiger partial charge is 0.496 e. The van der Waals surface area contributed by atoms with Crippen LogP contribution in [0.5, 0.6) is 5.75 Å². The lowest BCUT2D eigenvalue weighted by atomic mass is 9.76. The Morgan fingerprint density at radius 2 is 2.05 bits per heavy atom. The molecular formula is C17H20N2O2. The molecule has 0 aromatic heterocycles. The molecule has 0 amide bonds. The van der Waals surface area contributed by atoms with E-state index in [2.05, 4.69) is 5.32 Å². The summed E-state index contributed by atoms with van der Waals surface area (Å²) in [5, 5.41) is 12.5. The number of carbonyl (C=O) groups is 1. The van der Waals surface area contributed by atoms with Gasteiger partial charge in [0.25, 0.3) is 0 Å². The molecule has 4 nitrogen and oxygen atoms in total. The second-order valence-corrected chi connectivity index (χ2v) is 6.07. The molecule has 0 spiro atoms. The highest BCUT2D eigenvalue weighted by atomic mass is 16.5. The number of hydrogen-bond donors (Lipinski definition) is 1. The van der Waals surface area contributed by atoms with Gasteiger partial charge >= 0.3 is 0 Å². The maximum Gasteiger partial charge on any atom is 0.175 e. The molecule has 4 heteroatoms. The third-order valence-electron chi connectivity index (χ3n) is 3.67. The number of nitrogens with one attached hydrogen (secondary N) is 1. The average Bonchev–Trinajstić information content (AvgIpc) is 2.44. The lowest BCUT2D eigenvalue weighted by Gasteiger charge is -2.30. The van der Waals surface area contributed by atoms with E-state index in [-0.39, 0.29) is 16.8 Å². The summed E-state index contributed by atoms with van der Waals surface area (Å²) < 4.78 is 5.31. The van der Waals surface area contributed by atoms with E-state index in [4.69, 9.17) is 4.74 Å². The van der Waals surface area contributed by atoms with Crippen LogP contribution in [-0.4, -0.2) is 12.9 Å². The Morgan fingerprint density at radius 3 is 2.71 bits per heavy atom. The monoisotopic (exact) mass is 284 g/mol. The van der Waals surface area contributed by atoms with Gasteiger partial charge in [0, 0.05) is 24.2 Å². The van der Waals surface area contributed by atoms with Crippen molar-refractivity contribution in [3.63, 3.8) is 0 Å². The van der Waals surface area contributed by atoms with Crippen LogP contribution in [0.3, 0.4) is 0 Å². The topological polar surface area (TPSA) is 62.1 Å². The predicted molar refractivity (Wildman–Crippen MR) is 80.5 cm³/mol. The van der Waals surface area contributed by atoms with Crippen molar-refractivity contribution in [3.8, 4) is 11.8 Å². The van der Waals surface area contributed by atoms with E-state index >= 15 is 0 Å². The molecule has 0 saturated carbocycles. The van der Waals surface area contributed by atoms with Crippen LogP contribution in [0.1, 0.15) is 32.3 Å². The summed E-state index contributed by atoms with van der Waals surface area (Å²) in [6.45, 7) is 4.63. The molecule has 2 rings (SSSR count). The van der Waals surface area contributed by atoms with Gasteiger partial charge in [-0.25, -0.2) is 0 Å². The van der Waals surface area contributed by atoms with Crippen molar-refractivity contribution in [2.75, 3.05) is 7.11 Å². The van der Waals surface area contributed by atoms with Crippen molar-refractivity contribution in [2.45, 2.75) is 33.2 Å². The van der Waals surface area contributed by atoms with Gasteiger partial charge in [-0.05, 0) is 17.9 Å².